The molecule has 0 radical (unpaired) electrons. The van der Waals surface area contributed by atoms with Crippen LogP contribution in [0.15, 0.2) is 12.4 Å². The molecular formula is C14H21N5O3. The SMILES string of the molecule is CC(CN(C)c1cc(N2CCN(C)C(=O)C2)ncn1)C(=O)O. The van der Waals surface area contributed by atoms with Crippen LogP contribution in [-0.4, -0.2) is 72.1 Å². The lowest BCUT2D eigenvalue weighted by atomic mass is 10.2. The fourth-order valence-corrected chi connectivity index (χ4v) is 2.26. The normalized spacial score (nSPS) is 16.6. The molecular weight excluding hydrogens is 286 g/mol. The Kier molecular flexibility index (Phi) is 4.79. The van der Waals surface area contributed by atoms with Crippen molar-refractivity contribution in [2.45, 2.75) is 6.92 Å². The zero-order chi connectivity index (χ0) is 16.3. The Morgan fingerprint density at radius 3 is 2.82 bits per heavy atom. The summed E-state index contributed by atoms with van der Waals surface area (Å²) in [6.07, 6.45) is 1.44. The topological polar surface area (TPSA) is 89.9 Å². The van der Waals surface area contributed by atoms with Crippen LogP contribution in [0.3, 0.4) is 0 Å². The smallest absolute Gasteiger partial charge is 0.308 e. The van der Waals surface area contributed by atoms with E-state index in [-0.39, 0.29) is 5.91 Å². The standard InChI is InChI=1S/C14H21N5O3/c1-10(14(21)22)7-18(3)11-6-12(16-9-15-11)19-5-4-17(2)13(20)8-19/h6,9-10H,4-5,7-8H2,1-3H3,(H,21,22). The third kappa shape index (κ3) is 3.63. The Morgan fingerprint density at radius 2 is 2.18 bits per heavy atom. The van der Waals surface area contributed by atoms with Gasteiger partial charge in [-0.15, -0.1) is 0 Å². The van der Waals surface area contributed by atoms with E-state index < -0.39 is 11.9 Å². The Balaban J connectivity index is 2.09. The number of aliphatic carboxylic acids is 1. The number of rotatable bonds is 5. The number of anilines is 2. The van der Waals surface area contributed by atoms with Gasteiger partial charge >= 0.3 is 5.97 Å². The predicted octanol–water partition coefficient (Wildman–Crippen LogP) is -0.0881. The maximum atomic E-state index is 11.8. The van der Waals surface area contributed by atoms with Crippen LogP contribution in [0.25, 0.3) is 0 Å². The molecule has 1 fully saturated rings. The van der Waals surface area contributed by atoms with E-state index in [1.807, 2.05) is 4.90 Å². The maximum absolute atomic E-state index is 11.8. The largest absolute Gasteiger partial charge is 0.481 e. The molecule has 1 unspecified atom stereocenters. The summed E-state index contributed by atoms with van der Waals surface area (Å²) in [5, 5.41) is 8.98. The van der Waals surface area contributed by atoms with Crippen LogP contribution in [0.1, 0.15) is 6.92 Å². The lowest BCUT2D eigenvalue weighted by molar-refractivity contribution is -0.140. The molecule has 1 aliphatic heterocycles. The van der Waals surface area contributed by atoms with Crippen LogP contribution < -0.4 is 9.80 Å². The minimum atomic E-state index is -0.842. The van der Waals surface area contributed by atoms with Crippen LogP contribution in [0, 0.1) is 5.92 Å². The lowest BCUT2D eigenvalue weighted by Gasteiger charge is -2.33. The highest BCUT2D eigenvalue weighted by Gasteiger charge is 2.23. The van der Waals surface area contributed by atoms with Gasteiger partial charge in [0.2, 0.25) is 5.91 Å². The molecule has 0 spiro atoms. The second-order valence-corrected chi connectivity index (χ2v) is 5.59. The van der Waals surface area contributed by atoms with Crippen molar-refractivity contribution in [3.05, 3.63) is 12.4 Å². The van der Waals surface area contributed by atoms with Gasteiger partial charge in [0.05, 0.1) is 12.5 Å². The zero-order valence-electron chi connectivity index (χ0n) is 13.1. The number of hydrogen-bond donors (Lipinski definition) is 1. The van der Waals surface area contributed by atoms with Crippen LogP contribution in [0.5, 0.6) is 0 Å². The third-order valence-corrected chi connectivity index (χ3v) is 3.78. The number of likely N-dealkylation sites (N-methyl/N-ethyl adjacent to an activating group) is 1. The average Bonchev–Trinajstić information content (AvgIpc) is 2.50. The van der Waals surface area contributed by atoms with Crippen molar-refractivity contribution < 1.29 is 14.7 Å². The first-order chi connectivity index (χ1) is 10.4. The molecule has 1 N–H and O–H groups in total. The summed E-state index contributed by atoms with van der Waals surface area (Å²) in [4.78, 5) is 36.5. The number of amides is 1. The minimum Gasteiger partial charge on any atom is -0.481 e. The molecule has 2 heterocycles. The molecule has 1 aromatic rings. The van der Waals surface area contributed by atoms with Crippen LogP contribution >= 0.6 is 0 Å². The van der Waals surface area contributed by atoms with E-state index >= 15 is 0 Å². The van der Waals surface area contributed by atoms with Gasteiger partial charge in [0, 0.05) is 39.8 Å². The first kappa shape index (κ1) is 16.0. The number of hydrogen-bond acceptors (Lipinski definition) is 6. The van der Waals surface area contributed by atoms with Crippen molar-refractivity contribution in [1.29, 1.82) is 0 Å². The Bertz CT molecular complexity index is 565. The van der Waals surface area contributed by atoms with E-state index in [1.54, 1.807) is 36.9 Å². The van der Waals surface area contributed by atoms with E-state index in [2.05, 4.69) is 9.97 Å². The van der Waals surface area contributed by atoms with Crippen molar-refractivity contribution in [3.8, 4) is 0 Å². The molecule has 2 rings (SSSR count). The summed E-state index contributed by atoms with van der Waals surface area (Å²) in [5.74, 6) is 0.0458. The van der Waals surface area contributed by atoms with Crippen molar-refractivity contribution in [3.63, 3.8) is 0 Å². The van der Waals surface area contributed by atoms with E-state index in [0.717, 1.165) is 0 Å². The predicted molar refractivity (Wildman–Crippen MR) is 82.0 cm³/mol. The van der Waals surface area contributed by atoms with Crippen molar-refractivity contribution in [2.24, 2.45) is 5.92 Å². The van der Waals surface area contributed by atoms with Gasteiger partial charge < -0.3 is 19.8 Å². The molecule has 1 aliphatic rings. The van der Waals surface area contributed by atoms with Crippen LogP contribution in [-0.2, 0) is 9.59 Å². The Hall–Kier alpha value is -2.38. The summed E-state index contributed by atoms with van der Waals surface area (Å²) in [6.45, 7) is 3.67. The van der Waals surface area contributed by atoms with Gasteiger partial charge in [0.1, 0.15) is 18.0 Å². The molecule has 0 aromatic carbocycles. The van der Waals surface area contributed by atoms with Crippen LogP contribution in [0.2, 0.25) is 0 Å². The van der Waals surface area contributed by atoms with Gasteiger partial charge in [-0.2, -0.15) is 0 Å². The average molecular weight is 307 g/mol. The first-order valence-electron chi connectivity index (χ1n) is 7.13. The molecule has 0 bridgehead atoms. The van der Waals surface area contributed by atoms with Gasteiger partial charge in [-0.1, -0.05) is 6.92 Å². The number of nitrogens with zero attached hydrogens (tertiary/aromatic N) is 5. The van der Waals surface area contributed by atoms with E-state index in [0.29, 0.717) is 37.8 Å². The summed E-state index contributed by atoms with van der Waals surface area (Å²) >= 11 is 0. The molecule has 1 atom stereocenters. The quantitative estimate of drug-likeness (QED) is 0.813. The molecule has 1 amide bonds. The van der Waals surface area contributed by atoms with Gasteiger partial charge in [0.25, 0.3) is 0 Å². The summed E-state index contributed by atoms with van der Waals surface area (Å²) < 4.78 is 0. The maximum Gasteiger partial charge on any atom is 0.308 e. The summed E-state index contributed by atoms with van der Waals surface area (Å²) in [7, 11) is 3.58. The Morgan fingerprint density at radius 1 is 1.45 bits per heavy atom. The van der Waals surface area contributed by atoms with Crippen LogP contribution in [0.4, 0.5) is 11.6 Å². The molecule has 120 valence electrons. The molecule has 8 heteroatoms. The Labute approximate surface area is 129 Å². The number of carbonyl (C=O) groups is 2. The lowest BCUT2D eigenvalue weighted by Crippen LogP contribution is -2.48. The van der Waals surface area contributed by atoms with E-state index in [4.69, 9.17) is 5.11 Å². The number of carboxylic acids is 1. The third-order valence-electron chi connectivity index (χ3n) is 3.78. The molecule has 0 saturated carbocycles. The number of carboxylic acid groups (broad SMARTS) is 1. The number of carbonyl (C=O) groups excluding carboxylic acids is 1. The van der Waals surface area contributed by atoms with Gasteiger partial charge in [0.15, 0.2) is 0 Å². The highest BCUT2D eigenvalue weighted by atomic mass is 16.4. The molecule has 1 aromatic heterocycles. The van der Waals surface area contributed by atoms with Gasteiger partial charge in [-0.05, 0) is 0 Å². The summed E-state index contributed by atoms with van der Waals surface area (Å²) in [5.41, 5.74) is 0. The number of aromatic nitrogens is 2. The van der Waals surface area contributed by atoms with Crippen molar-refractivity contribution in [2.75, 3.05) is 50.1 Å². The minimum absolute atomic E-state index is 0.0549. The van der Waals surface area contributed by atoms with Crippen molar-refractivity contribution >= 4 is 23.5 Å². The monoisotopic (exact) mass is 307 g/mol. The van der Waals surface area contributed by atoms with Gasteiger partial charge in [-0.3, -0.25) is 9.59 Å². The summed E-state index contributed by atoms with van der Waals surface area (Å²) in [6, 6.07) is 1.78. The highest BCUT2D eigenvalue weighted by Crippen LogP contribution is 2.19. The molecule has 0 aliphatic carbocycles. The zero-order valence-corrected chi connectivity index (χ0v) is 13.1. The van der Waals surface area contributed by atoms with E-state index in [9.17, 15) is 9.59 Å². The van der Waals surface area contributed by atoms with Crippen molar-refractivity contribution in [1.82, 2.24) is 14.9 Å². The first-order valence-corrected chi connectivity index (χ1v) is 7.13. The van der Waals surface area contributed by atoms with E-state index in [1.165, 1.54) is 6.33 Å². The molecule has 1 saturated heterocycles. The fraction of sp³-hybridized carbons (Fsp3) is 0.571. The van der Waals surface area contributed by atoms with Gasteiger partial charge in [-0.25, -0.2) is 9.97 Å². The fourth-order valence-electron chi connectivity index (χ4n) is 2.26. The molecule has 22 heavy (non-hydrogen) atoms. The second kappa shape index (κ2) is 6.59. The highest BCUT2D eigenvalue weighted by molar-refractivity contribution is 5.82. The second-order valence-electron chi connectivity index (χ2n) is 5.59. The number of piperazine rings is 1. The molecule has 8 nitrogen and oxygen atoms in total.